The van der Waals surface area contributed by atoms with Crippen LogP contribution in [0.5, 0.6) is 5.75 Å². The predicted octanol–water partition coefficient (Wildman–Crippen LogP) is 3.00. The number of hydrogen-bond acceptors (Lipinski definition) is 3. The molecule has 0 radical (unpaired) electrons. The smallest absolute Gasteiger partial charge is 0.410 e. The van der Waals surface area contributed by atoms with Crippen LogP contribution in [0, 0.1) is 0 Å². The molecule has 1 fully saturated rings. The molecular formula is C16H15NO3. The van der Waals surface area contributed by atoms with Crippen molar-refractivity contribution in [2.75, 3.05) is 13.1 Å². The number of likely N-dealkylation sites (tertiary alicyclic amines) is 1. The van der Waals surface area contributed by atoms with Crippen LogP contribution in [0.25, 0.3) is 10.8 Å². The van der Waals surface area contributed by atoms with Gasteiger partial charge in [0, 0.05) is 13.0 Å². The zero-order valence-corrected chi connectivity index (χ0v) is 11.0. The first kappa shape index (κ1) is 12.7. The number of fused-ring (bicyclic) bond motifs is 1. The first-order chi connectivity index (χ1) is 9.72. The molecule has 0 bridgehead atoms. The topological polar surface area (TPSA) is 46.6 Å². The molecule has 0 unspecified atom stereocenters. The summed E-state index contributed by atoms with van der Waals surface area (Å²) in [5.41, 5.74) is 0. The van der Waals surface area contributed by atoms with E-state index in [1.54, 1.807) is 6.07 Å². The van der Waals surface area contributed by atoms with Crippen LogP contribution < -0.4 is 4.74 Å². The van der Waals surface area contributed by atoms with E-state index in [0.29, 0.717) is 25.1 Å². The van der Waals surface area contributed by atoms with Gasteiger partial charge >= 0.3 is 6.09 Å². The number of amides is 1. The maximum atomic E-state index is 12.0. The Morgan fingerprint density at radius 3 is 2.70 bits per heavy atom. The standard InChI is InChI=1S/C16H15NO3/c18-14-6-3-9-17(11-14)16(19)20-15-8-7-12-4-1-2-5-13(12)10-15/h1-2,4-5,7-8,10H,3,6,9,11H2. The fourth-order valence-electron chi connectivity index (χ4n) is 2.39. The van der Waals surface area contributed by atoms with Crippen LogP contribution in [0.2, 0.25) is 0 Å². The summed E-state index contributed by atoms with van der Waals surface area (Å²) in [6, 6.07) is 13.4. The molecule has 2 aromatic carbocycles. The van der Waals surface area contributed by atoms with Gasteiger partial charge in [-0.2, -0.15) is 0 Å². The van der Waals surface area contributed by atoms with E-state index in [-0.39, 0.29) is 12.3 Å². The number of ketones is 1. The minimum atomic E-state index is -0.451. The monoisotopic (exact) mass is 269 g/mol. The van der Waals surface area contributed by atoms with Crippen molar-refractivity contribution in [3.63, 3.8) is 0 Å². The molecule has 0 aromatic heterocycles. The van der Waals surface area contributed by atoms with Gasteiger partial charge in [-0.15, -0.1) is 0 Å². The lowest BCUT2D eigenvalue weighted by atomic mass is 10.1. The van der Waals surface area contributed by atoms with E-state index in [9.17, 15) is 9.59 Å². The van der Waals surface area contributed by atoms with E-state index in [1.165, 1.54) is 4.90 Å². The van der Waals surface area contributed by atoms with Gasteiger partial charge in [-0.25, -0.2) is 4.79 Å². The molecule has 0 spiro atoms. The Morgan fingerprint density at radius 1 is 1.10 bits per heavy atom. The van der Waals surface area contributed by atoms with Gasteiger partial charge in [-0.05, 0) is 29.3 Å². The van der Waals surface area contributed by atoms with Crippen LogP contribution in [-0.4, -0.2) is 29.9 Å². The van der Waals surface area contributed by atoms with Crippen molar-refractivity contribution in [2.45, 2.75) is 12.8 Å². The van der Waals surface area contributed by atoms with Crippen molar-refractivity contribution in [2.24, 2.45) is 0 Å². The van der Waals surface area contributed by atoms with Gasteiger partial charge in [0.2, 0.25) is 0 Å². The average Bonchev–Trinajstić information content (AvgIpc) is 2.47. The van der Waals surface area contributed by atoms with Crippen molar-refractivity contribution in [3.8, 4) is 5.75 Å². The molecule has 1 heterocycles. The minimum absolute atomic E-state index is 0.0895. The van der Waals surface area contributed by atoms with Crippen molar-refractivity contribution in [1.29, 1.82) is 0 Å². The maximum absolute atomic E-state index is 12.0. The van der Waals surface area contributed by atoms with E-state index >= 15 is 0 Å². The van der Waals surface area contributed by atoms with Gasteiger partial charge in [0.25, 0.3) is 0 Å². The average molecular weight is 269 g/mol. The second-order valence-corrected chi connectivity index (χ2v) is 4.94. The van der Waals surface area contributed by atoms with Gasteiger partial charge < -0.3 is 9.64 Å². The Labute approximate surface area is 116 Å². The highest BCUT2D eigenvalue weighted by Gasteiger charge is 2.22. The Hall–Kier alpha value is -2.36. The van der Waals surface area contributed by atoms with E-state index in [0.717, 1.165) is 10.8 Å². The molecular weight excluding hydrogens is 254 g/mol. The zero-order chi connectivity index (χ0) is 13.9. The zero-order valence-electron chi connectivity index (χ0n) is 11.0. The number of Topliss-reactive ketones (excluding diaryl/α,β-unsaturated/α-hetero) is 1. The molecule has 4 heteroatoms. The lowest BCUT2D eigenvalue weighted by Crippen LogP contribution is -2.41. The van der Waals surface area contributed by atoms with Gasteiger partial charge in [0.05, 0.1) is 6.54 Å². The Balaban J connectivity index is 1.75. The molecule has 0 N–H and O–H groups in total. The van der Waals surface area contributed by atoms with Crippen LogP contribution in [0.3, 0.4) is 0 Å². The van der Waals surface area contributed by atoms with Gasteiger partial charge in [-0.1, -0.05) is 30.3 Å². The van der Waals surface area contributed by atoms with Crippen LogP contribution in [0.4, 0.5) is 4.79 Å². The largest absolute Gasteiger partial charge is 0.415 e. The second kappa shape index (κ2) is 5.33. The fraction of sp³-hybridized carbons (Fsp3) is 0.250. The Bertz CT molecular complexity index is 666. The molecule has 20 heavy (non-hydrogen) atoms. The maximum Gasteiger partial charge on any atom is 0.415 e. The SMILES string of the molecule is O=C1CCCN(C(=O)Oc2ccc3ccccc3c2)C1. The summed E-state index contributed by atoms with van der Waals surface area (Å²) in [6.07, 6.45) is 0.819. The summed E-state index contributed by atoms with van der Waals surface area (Å²) in [6.45, 7) is 0.741. The lowest BCUT2D eigenvalue weighted by molar-refractivity contribution is -0.121. The van der Waals surface area contributed by atoms with Gasteiger partial charge in [-0.3, -0.25) is 4.79 Å². The fourth-order valence-corrected chi connectivity index (χ4v) is 2.39. The highest BCUT2D eigenvalue weighted by Crippen LogP contribution is 2.21. The third-order valence-corrected chi connectivity index (χ3v) is 3.44. The summed E-state index contributed by atoms with van der Waals surface area (Å²) in [4.78, 5) is 24.8. The van der Waals surface area contributed by atoms with Crippen molar-refractivity contribution in [1.82, 2.24) is 4.90 Å². The number of rotatable bonds is 1. The molecule has 1 saturated heterocycles. The predicted molar refractivity (Wildman–Crippen MR) is 75.8 cm³/mol. The van der Waals surface area contributed by atoms with E-state index in [1.807, 2.05) is 36.4 Å². The van der Waals surface area contributed by atoms with Crippen LogP contribution in [-0.2, 0) is 4.79 Å². The number of nitrogens with zero attached hydrogens (tertiary/aromatic N) is 1. The molecule has 0 aliphatic carbocycles. The summed E-state index contributed by atoms with van der Waals surface area (Å²) in [5, 5.41) is 2.12. The van der Waals surface area contributed by atoms with Crippen LogP contribution in [0.1, 0.15) is 12.8 Å². The third kappa shape index (κ3) is 2.64. The van der Waals surface area contributed by atoms with E-state index in [4.69, 9.17) is 4.74 Å². The van der Waals surface area contributed by atoms with E-state index in [2.05, 4.69) is 0 Å². The number of hydrogen-bond donors (Lipinski definition) is 0. The summed E-state index contributed by atoms with van der Waals surface area (Å²) < 4.78 is 5.35. The molecule has 0 atom stereocenters. The van der Waals surface area contributed by atoms with Crippen molar-refractivity contribution < 1.29 is 14.3 Å². The molecule has 1 aliphatic heterocycles. The van der Waals surface area contributed by atoms with Crippen molar-refractivity contribution in [3.05, 3.63) is 42.5 Å². The van der Waals surface area contributed by atoms with E-state index < -0.39 is 6.09 Å². The first-order valence-electron chi connectivity index (χ1n) is 6.70. The lowest BCUT2D eigenvalue weighted by Gasteiger charge is -2.24. The van der Waals surface area contributed by atoms with Gasteiger partial charge in [0.1, 0.15) is 5.75 Å². The highest BCUT2D eigenvalue weighted by atomic mass is 16.6. The summed E-state index contributed by atoms with van der Waals surface area (Å²) >= 11 is 0. The molecule has 0 saturated carbocycles. The molecule has 102 valence electrons. The number of carbonyl (C=O) groups excluding carboxylic acids is 2. The molecule has 3 rings (SSSR count). The Kier molecular flexibility index (Phi) is 3.37. The van der Waals surface area contributed by atoms with Crippen LogP contribution in [0.15, 0.2) is 42.5 Å². The third-order valence-electron chi connectivity index (χ3n) is 3.44. The summed E-state index contributed by atoms with van der Waals surface area (Å²) in [5.74, 6) is 0.596. The molecule has 2 aromatic rings. The first-order valence-corrected chi connectivity index (χ1v) is 6.70. The number of ether oxygens (including phenoxy) is 1. The Morgan fingerprint density at radius 2 is 1.90 bits per heavy atom. The quantitative estimate of drug-likeness (QED) is 0.799. The second-order valence-electron chi connectivity index (χ2n) is 4.94. The molecule has 1 aliphatic rings. The number of carbonyl (C=O) groups is 2. The number of piperidine rings is 1. The highest BCUT2D eigenvalue weighted by molar-refractivity contribution is 5.87. The van der Waals surface area contributed by atoms with Crippen molar-refractivity contribution >= 4 is 22.6 Å². The number of benzene rings is 2. The van der Waals surface area contributed by atoms with Crippen LogP contribution >= 0.6 is 0 Å². The molecule has 1 amide bonds. The summed E-state index contributed by atoms with van der Waals surface area (Å²) in [7, 11) is 0. The minimum Gasteiger partial charge on any atom is -0.410 e. The van der Waals surface area contributed by atoms with Gasteiger partial charge in [0.15, 0.2) is 5.78 Å². The molecule has 4 nitrogen and oxygen atoms in total. The normalized spacial score (nSPS) is 15.4.